The first-order valence-corrected chi connectivity index (χ1v) is 6.61. The number of carbonyl (C=O) groups is 1. The molecule has 0 saturated heterocycles. The summed E-state index contributed by atoms with van der Waals surface area (Å²) in [5, 5.41) is 7.78. The zero-order valence-corrected chi connectivity index (χ0v) is 11.4. The van der Waals surface area contributed by atoms with Crippen LogP contribution >= 0.6 is 0 Å². The molecule has 1 atom stereocenters. The average molecular weight is 250 g/mol. The highest BCUT2D eigenvalue weighted by Crippen LogP contribution is 2.20. The number of hydrogen-bond donors (Lipinski definition) is 2. The molecule has 18 heavy (non-hydrogen) atoms. The molecule has 2 rings (SSSR count). The van der Waals surface area contributed by atoms with Gasteiger partial charge in [-0.05, 0) is 38.7 Å². The molecule has 1 aliphatic carbocycles. The molecule has 1 unspecified atom stereocenters. The molecule has 5 heteroatoms. The lowest BCUT2D eigenvalue weighted by atomic mass is 10.1. The van der Waals surface area contributed by atoms with Crippen molar-refractivity contribution in [3.8, 4) is 0 Å². The Balaban J connectivity index is 2.12. The molecule has 0 aromatic carbocycles. The minimum absolute atomic E-state index is 0.299. The number of hydrogen-bond acceptors (Lipinski definition) is 3. The van der Waals surface area contributed by atoms with Crippen LogP contribution in [0.3, 0.4) is 0 Å². The molecule has 1 aromatic rings. The van der Waals surface area contributed by atoms with Crippen molar-refractivity contribution in [3.63, 3.8) is 0 Å². The minimum atomic E-state index is -0.319. The number of nitrogens with one attached hydrogen (secondary N) is 1. The van der Waals surface area contributed by atoms with Crippen LogP contribution in [0.15, 0.2) is 0 Å². The maximum atomic E-state index is 11.5. The summed E-state index contributed by atoms with van der Waals surface area (Å²) in [5.74, 6) is -0.299. The molecule has 0 bridgehead atoms. The van der Waals surface area contributed by atoms with Crippen molar-refractivity contribution in [2.75, 3.05) is 0 Å². The van der Waals surface area contributed by atoms with Crippen LogP contribution in [0.2, 0.25) is 0 Å². The van der Waals surface area contributed by atoms with E-state index in [1.807, 2.05) is 18.5 Å². The van der Waals surface area contributed by atoms with E-state index < -0.39 is 0 Å². The van der Waals surface area contributed by atoms with Gasteiger partial charge in [0.05, 0.1) is 12.2 Å². The van der Waals surface area contributed by atoms with Gasteiger partial charge in [-0.15, -0.1) is 0 Å². The van der Waals surface area contributed by atoms with Crippen LogP contribution in [0.25, 0.3) is 0 Å². The monoisotopic (exact) mass is 250 g/mol. The lowest BCUT2D eigenvalue weighted by Crippen LogP contribution is -2.45. The van der Waals surface area contributed by atoms with Gasteiger partial charge in [-0.2, -0.15) is 5.10 Å². The van der Waals surface area contributed by atoms with Gasteiger partial charge in [0, 0.05) is 11.7 Å². The summed E-state index contributed by atoms with van der Waals surface area (Å²) in [4.78, 5) is 11.5. The number of nitrogens with two attached hydrogens (primary N) is 1. The molecule has 0 spiro atoms. The Morgan fingerprint density at radius 1 is 1.56 bits per heavy atom. The number of carbonyl (C=O) groups excluding carboxylic acids is 1. The third-order valence-electron chi connectivity index (χ3n) is 3.60. The first kappa shape index (κ1) is 13.1. The molecule has 1 fully saturated rings. The van der Waals surface area contributed by atoms with E-state index in [9.17, 15) is 4.79 Å². The van der Waals surface area contributed by atoms with Gasteiger partial charge in [0.1, 0.15) is 6.04 Å². The van der Waals surface area contributed by atoms with Crippen molar-refractivity contribution in [2.45, 2.75) is 58.7 Å². The smallest absolute Gasteiger partial charge is 0.236 e. The van der Waals surface area contributed by atoms with Gasteiger partial charge >= 0.3 is 0 Å². The maximum absolute atomic E-state index is 11.5. The van der Waals surface area contributed by atoms with Gasteiger partial charge < -0.3 is 11.1 Å². The molecule has 0 aliphatic heterocycles. The minimum Gasteiger partial charge on any atom is -0.368 e. The Bertz CT molecular complexity index is 448. The van der Waals surface area contributed by atoms with Crippen LogP contribution in [0.5, 0.6) is 0 Å². The molecule has 5 nitrogen and oxygen atoms in total. The first-order chi connectivity index (χ1) is 8.52. The second-order valence-corrected chi connectivity index (χ2v) is 5.08. The highest BCUT2D eigenvalue weighted by molar-refractivity contribution is 5.79. The fraction of sp³-hybridized carbons (Fsp3) is 0.692. The topological polar surface area (TPSA) is 72.9 Å². The van der Waals surface area contributed by atoms with Gasteiger partial charge in [0.2, 0.25) is 5.91 Å². The second kappa shape index (κ2) is 5.10. The Kier molecular flexibility index (Phi) is 3.71. The van der Waals surface area contributed by atoms with Crippen molar-refractivity contribution >= 4 is 5.91 Å². The zero-order valence-electron chi connectivity index (χ0n) is 11.4. The van der Waals surface area contributed by atoms with Crippen LogP contribution in [0.4, 0.5) is 0 Å². The lowest BCUT2D eigenvalue weighted by molar-refractivity contribution is -0.120. The van der Waals surface area contributed by atoms with Gasteiger partial charge in [0.15, 0.2) is 0 Å². The lowest BCUT2D eigenvalue weighted by Gasteiger charge is -2.16. The predicted molar refractivity (Wildman–Crippen MR) is 70.2 cm³/mol. The van der Waals surface area contributed by atoms with Crippen LogP contribution in [-0.4, -0.2) is 27.8 Å². The summed E-state index contributed by atoms with van der Waals surface area (Å²) in [5.41, 5.74) is 8.90. The average Bonchev–Trinajstić information content (AvgIpc) is 3.06. The molecule has 100 valence electrons. The first-order valence-electron chi connectivity index (χ1n) is 6.61. The van der Waals surface area contributed by atoms with Gasteiger partial charge in [0.25, 0.3) is 0 Å². The SMILES string of the molecule is CCc1c(C)nn(CC(NC2CC2)C(N)=O)c1C. The van der Waals surface area contributed by atoms with Gasteiger partial charge in [-0.3, -0.25) is 9.48 Å². The molecule has 1 saturated carbocycles. The quantitative estimate of drug-likeness (QED) is 0.779. The van der Waals surface area contributed by atoms with Gasteiger partial charge in [-0.25, -0.2) is 0 Å². The maximum Gasteiger partial charge on any atom is 0.236 e. The molecular formula is C13H22N4O. The van der Waals surface area contributed by atoms with Crippen molar-refractivity contribution < 1.29 is 4.79 Å². The van der Waals surface area contributed by atoms with E-state index in [0.717, 1.165) is 30.7 Å². The second-order valence-electron chi connectivity index (χ2n) is 5.08. The summed E-state index contributed by atoms with van der Waals surface area (Å²) in [6.45, 7) is 6.71. The number of nitrogens with zero attached hydrogens (tertiary/aromatic N) is 2. The number of rotatable bonds is 6. The zero-order chi connectivity index (χ0) is 13.3. The van der Waals surface area contributed by atoms with Crippen molar-refractivity contribution in [2.24, 2.45) is 5.73 Å². The highest BCUT2D eigenvalue weighted by Gasteiger charge is 2.28. The summed E-state index contributed by atoms with van der Waals surface area (Å²) in [7, 11) is 0. The molecule has 1 aromatic heterocycles. The van der Waals surface area contributed by atoms with Crippen molar-refractivity contribution in [1.29, 1.82) is 0 Å². The fourth-order valence-corrected chi connectivity index (χ4v) is 2.36. The molecule has 1 amide bonds. The Labute approximate surface area is 108 Å². The van der Waals surface area contributed by atoms with Crippen molar-refractivity contribution in [3.05, 3.63) is 17.0 Å². The van der Waals surface area contributed by atoms with Crippen LogP contribution in [0, 0.1) is 13.8 Å². The largest absolute Gasteiger partial charge is 0.368 e. The Morgan fingerprint density at radius 3 is 2.67 bits per heavy atom. The van der Waals surface area contributed by atoms with E-state index in [4.69, 9.17) is 5.73 Å². The van der Waals surface area contributed by atoms with Crippen LogP contribution < -0.4 is 11.1 Å². The molecule has 3 N–H and O–H groups in total. The van der Waals surface area contributed by atoms with E-state index in [1.54, 1.807) is 0 Å². The normalized spacial score (nSPS) is 16.8. The summed E-state index contributed by atoms with van der Waals surface area (Å²) in [6, 6.07) is 0.144. The molecule has 1 aliphatic rings. The Hall–Kier alpha value is -1.36. The number of aryl methyl sites for hydroxylation is 1. The van der Waals surface area contributed by atoms with Gasteiger partial charge in [-0.1, -0.05) is 6.92 Å². The highest BCUT2D eigenvalue weighted by atomic mass is 16.1. The standard InChI is InChI=1S/C13H22N4O/c1-4-11-8(2)16-17(9(11)3)7-12(13(14)18)15-10-5-6-10/h10,12,15H,4-7H2,1-3H3,(H2,14,18). The Morgan fingerprint density at radius 2 is 2.22 bits per heavy atom. The number of primary amides is 1. The molecular weight excluding hydrogens is 228 g/mol. The van der Waals surface area contributed by atoms with Crippen molar-refractivity contribution in [1.82, 2.24) is 15.1 Å². The van der Waals surface area contributed by atoms with E-state index >= 15 is 0 Å². The molecule has 0 radical (unpaired) electrons. The van der Waals surface area contributed by atoms with E-state index in [2.05, 4.69) is 17.3 Å². The van der Waals surface area contributed by atoms with Crippen LogP contribution in [-0.2, 0) is 17.8 Å². The number of aromatic nitrogens is 2. The third-order valence-corrected chi connectivity index (χ3v) is 3.60. The number of amides is 1. The van der Waals surface area contributed by atoms with E-state index in [1.165, 1.54) is 5.56 Å². The molecule has 1 heterocycles. The van der Waals surface area contributed by atoms with E-state index in [-0.39, 0.29) is 11.9 Å². The van der Waals surface area contributed by atoms with Crippen LogP contribution in [0.1, 0.15) is 36.7 Å². The fourth-order valence-electron chi connectivity index (χ4n) is 2.36. The summed E-state index contributed by atoms with van der Waals surface area (Å²) >= 11 is 0. The predicted octanol–water partition coefficient (Wildman–Crippen LogP) is 0.668. The van der Waals surface area contributed by atoms with E-state index in [0.29, 0.717) is 12.6 Å². The summed E-state index contributed by atoms with van der Waals surface area (Å²) < 4.78 is 1.90. The third kappa shape index (κ3) is 2.72. The summed E-state index contributed by atoms with van der Waals surface area (Å²) in [6.07, 6.45) is 3.25.